The fraction of sp³-hybridized carbons (Fsp3) is 0.933. The molecule has 0 spiro atoms. The SMILES string of the molecule is CCN(CC)CCCC(C)NC1=NC(C)CC(C)S1. The summed E-state index contributed by atoms with van der Waals surface area (Å²) in [6.07, 6.45) is 3.68. The molecular formula is C15H31N3S. The van der Waals surface area contributed by atoms with Crippen molar-refractivity contribution in [3.63, 3.8) is 0 Å². The minimum atomic E-state index is 0.474. The van der Waals surface area contributed by atoms with E-state index in [4.69, 9.17) is 4.99 Å². The summed E-state index contributed by atoms with van der Waals surface area (Å²) in [4.78, 5) is 7.20. The highest BCUT2D eigenvalue weighted by atomic mass is 32.2. The lowest BCUT2D eigenvalue weighted by Crippen LogP contribution is -2.35. The first kappa shape index (κ1) is 16.8. The van der Waals surface area contributed by atoms with Gasteiger partial charge in [-0.2, -0.15) is 0 Å². The number of rotatable bonds is 7. The Morgan fingerprint density at radius 2 is 2.05 bits per heavy atom. The zero-order valence-corrected chi connectivity index (χ0v) is 14.1. The van der Waals surface area contributed by atoms with E-state index in [-0.39, 0.29) is 0 Å². The van der Waals surface area contributed by atoms with Crippen LogP contribution in [0.5, 0.6) is 0 Å². The van der Waals surface area contributed by atoms with E-state index in [1.165, 1.54) is 25.8 Å². The van der Waals surface area contributed by atoms with Crippen LogP contribution in [0.4, 0.5) is 0 Å². The van der Waals surface area contributed by atoms with Crippen molar-refractivity contribution in [2.24, 2.45) is 4.99 Å². The molecule has 1 heterocycles. The summed E-state index contributed by atoms with van der Waals surface area (Å²) >= 11 is 1.90. The summed E-state index contributed by atoms with van der Waals surface area (Å²) in [5.74, 6) is 0. The fourth-order valence-electron chi connectivity index (χ4n) is 2.52. The molecule has 0 saturated heterocycles. The van der Waals surface area contributed by atoms with Crippen molar-refractivity contribution in [1.29, 1.82) is 0 Å². The molecule has 1 N–H and O–H groups in total. The van der Waals surface area contributed by atoms with Crippen molar-refractivity contribution in [3.8, 4) is 0 Å². The third-order valence-electron chi connectivity index (χ3n) is 3.70. The molecule has 0 bridgehead atoms. The normalized spacial score (nSPS) is 25.3. The highest BCUT2D eigenvalue weighted by molar-refractivity contribution is 8.14. The Morgan fingerprint density at radius 3 is 2.63 bits per heavy atom. The van der Waals surface area contributed by atoms with E-state index in [0.29, 0.717) is 17.3 Å². The van der Waals surface area contributed by atoms with Gasteiger partial charge < -0.3 is 10.2 Å². The quantitative estimate of drug-likeness (QED) is 0.777. The zero-order chi connectivity index (χ0) is 14.3. The molecule has 0 radical (unpaired) electrons. The molecule has 1 rings (SSSR count). The monoisotopic (exact) mass is 285 g/mol. The number of thioether (sulfide) groups is 1. The third-order valence-corrected chi connectivity index (χ3v) is 4.74. The van der Waals surface area contributed by atoms with Gasteiger partial charge in [0, 0.05) is 11.3 Å². The highest BCUT2D eigenvalue weighted by Crippen LogP contribution is 2.24. The second-order valence-corrected chi connectivity index (χ2v) is 7.09. The van der Waals surface area contributed by atoms with E-state index < -0.39 is 0 Å². The zero-order valence-electron chi connectivity index (χ0n) is 13.3. The van der Waals surface area contributed by atoms with Crippen molar-refractivity contribution in [2.45, 2.75) is 71.2 Å². The van der Waals surface area contributed by atoms with Gasteiger partial charge in [0.15, 0.2) is 5.17 Å². The van der Waals surface area contributed by atoms with Gasteiger partial charge in [0.05, 0.1) is 6.04 Å². The number of hydrogen-bond donors (Lipinski definition) is 1. The fourth-order valence-corrected chi connectivity index (χ4v) is 3.78. The van der Waals surface area contributed by atoms with Crippen LogP contribution in [0.15, 0.2) is 4.99 Å². The van der Waals surface area contributed by atoms with Crippen LogP contribution in [0.2, 0.25) is 0 Å². The van der Waals surface area contributed by atoms with Crippen LogP contribution >= 0.6 is 11.8 Å². The molecule has 1 aliphatic rings. The Labute approximate surface area is 123 Å². The lowest BCUT2D eigenvalue weighted by Gasteiger charge is -2.26. The lowest BCUT2D eigenvalue weighted by molar-refractivity contribution is 0.293. The first-order valence-electron chi connectivity index (χ1n) is 7.78. The minimum Gasteiger partial charge on any atom is -0.362 e. The van der Waals surface area contributed by atoms with E-state index in [9.17, 15) is 0 Å². The van der Waals surface area contributed by atoms with E-state index in [1.54, 1.807) is 0 Å². The molecule has 3 atom stereocenters. The Balaban J connectivity index is 2.25. The van der Waals surface area contributed by atoms with Gasteiger partial charge in [0.2, 0.25) is 0 Å². The molecule has 0 aromatic heterocycles. The van der Waals surface area contributed by atoms with Gasteiger partial charge in [-0.05, 0) is 52.7 Å². The van der Waals surface area contributed by atoms with Crippen LogP contribution < -0.4 is 5.32 Å². The lowest BCUT2D eigenvalue weighted by atomic mass is 10.2. The third kappa shape index (κ3) is 6.66. The number of nitrogens with zero attached hydrogens (tertiary/aromatic N) is 2. The van der Waals surface area contributed by atoms with Crippen LogP contribution in [-0.4, -0.2) is 47.0 Å². The first-order chi connectivity index (χ1) is 9.05. The van der Waals surface area contributed by atoms with Gasteiger partial charge in [-0.1, -0.05) is 32.5 Å². The largest absolute Gasteiger partial charge is 0.362 e. The average molecular weight is 286 g/mol. The Kier molecular flexibility index (Phi) is 7.84. The van der Waals surface area contributed by atoms with Crippen LogP contribution in [0.3, 0.4) is 0 Å². The van der Waals surface area contributed by atoms with Crippen molar-refractivity contribution >= 4 is 16.9 Å². The Bertz CT molecular complexity index is 277. The van der Waals surface area contributed by atoms with E-state index in [1.807, 2.05) is 11.8 Å². The molecule has 0 amide bonds. The van der Waals surface area contributed by atoms with Crippen molar-refractivity contribution in [3.05, 3.63) is 0 Å². The maximum atomic E-state index is 4.71. The van der Waals surface area contributed by atoms with Crippen LogP contribution in [0.1, 0.15) is 53.9 Å². The van der Waals surface area contributed by atoms with Gasteiger partial charge in [-0.25, -0.2) is 0 Å². The molecule has 19 heavy (non-hydrogen) atoms. The molecule has 0 aliphatic carbocycles. The van der Waals surface area contributed by atoms with Gasteiger partial charge in [-0.15, -0.1) is 0 Å². The maximum absolute atomic E-state index is 4.71. The molecule has 3 nitrogen and oxygen atoms in total. The summed E-state index contributed by atoms with van der Waals surface area (Å²) in [5, 5.41) is 5.43. The predicted molar refractivity (Wildman–Crippen MR) is 88.2 cm³/mol. The second-order valence-electron chi connectivity index (χ2n) is 5.66. The van der Waals surface area contributed by atoms with Crippen LogP contribution in [-0.2, 0) is 0 Å². The molecule has 112 valence electrons. The summed E-state index contributed by atoms with van der Waals surface area (Å²) in [6.45, 7) is 14.8. The van der Waals surface area contributed by atoms with Gasteiger partial charge in [0.25, 0.3) is 0 Å². The molecule has 4 heteroatoms. The second kappa shape index (κ2) is 8.85. The van der Waals surface area contributed by atoms with Gasteiger partial charge in [-0.3, -0.25) is 4.99 Å². The first-order valence-corrected chi connectivity index (χ1v) is 8.66. The smallest absolute Gasteiger partial charge is 0.157 e. The molecule has 0 aromatic carbocycles. The molecule has 0 aromatic rings. The number of hydrogen-bond acceptors (Lipinski definition) is 4. The minimum absolute atomic E-state index is 0.474. The topological polar surface area (TPSA) is 27.6 Å². The molecule has 1 aliphatic heterocycles. The van der Waals surface area contributed by atoms with Crippen LogP contribution in [0.25, 0.3) is 0 Å². The number of aliphatic imine (C=N–C) groups is 1. The van der Waals surface area contributed by atoms with Crippen molar-refractivity contribution in [2.75, 3.05) is 19.6 Å². The predicted octanol–water partition coefficient (Wildman–Crippen LogP) is 3.36. The summed E-state index contributed by atoms with van der Waals surface area (Å²) in [7, 11) is 0. The van der Waals surface area contributed by atoms with Gasteiger partial charge >= 0.3 is 0 Å². The Morgan fingerprint density at radius 1 is 1.37 bits per heavy atom. The number of amidine groups is 1. The molecule has 0 saturated carbocycles. The van der Waals surface area contributed by atoms with Gasteiger partial charge in [0.1, 0.15) is 0 Å². The van der Waals surface area contributed by atoms with E-state index >= 15 is 0 Å². The molecule has 0 fully saturated rings. The standard InChI is InChI=1S/C15H31N3S/c1-6-18(7-2)10-8-9-12(3)16-15-17-13(4)11-14(5)19-15/h12-14H,6-11H2,1-5H3,(H,16,17). The average Bonchev–Trinajstić information content (AvgIpc) is 2.33. The molecule has 3 unspecified atom stereocenters. The van der Waals surface area contributed by atoms with Crippen molar-refractivity contribution < 1.29 is 0 Å². The van der Waals surface area contributed by atoms with Crippen LogP contribution in [0, 0.1) is 0 Å². The summed E-state index contributed by atoms with van der Waals surface area (Å²) in [6, 6.07) is 1.00. The Hall–Kier alpha value is -0.220. The van der Waals surface area contributed by atoms with E-state index in [0.717, 1.165) is 18.3 Å². The highest BCUT2D eigenvalue weighted by Gasteiger charge is 2.19. The number of nitrogens with one attached hydrogen (secondary N) is 1. The van der Waals surface area contributed by atoms with Crippen molar-refractivity contribution in [1.82, 2.24) is 10.2 Å². The maximum Gasteiger partial charge on any atom is 0.157 e. The summed E-state index contributed by atoms with van der Waals surface area (Å²) in [5.41, 5.74) is 0. The van der Waals surface area contributed by atoms with E-state index in [2.05, 4.69) is 44.8 Å². The molecular weight excluding hydrogens is 254 g/mol. The summed E-state index contributed by atoms with van der Waals surface area (Å²) < 4.78 is 0.